The summed E-state index contributed by atoms with van der Waals surface area (Å²) in [5.41, 5.74) is 0.348. The Kier molecular flexibility index (Phi) is 5.86. The van der Waals surface area contributed by atoms with Crippen LogP contribution in [0.15, 0.2) is 14.6 Å². The van der Waals surface area contributed by atoms with Gasteiger partial charge in [0.1, 0.15) is 16.4 Å². The number of nitrogens with zero attached hydrogens (tertiary/aromatic N) is 5. The third kappa shape index (κ3) is 4.17. The molecule has 10 nitrogen and oxygen atoms in total. The first-order valence-corrected chi connectivity index (χ1v) is 11.0. The van der Waals surface area contributed by atoms with Gasteiger partial charge in [0.25, 0.3) is 0 Å². The lowest BCUT2D eigenvalue weighted by Gasteiger charge is -2.33. The van der Waals surface area contributed by atoms with Crippen molar-refractivity contribution in [2.45, 2.75) is 37.2 Å². The predicted molar refractivity (Wildman–Crippen MR) is 97.8 cm³/mol. The molecular formula is C15H22N6O4S2. The lowest BCUT2D eigenvalue weighted by molar-refractivity contribution is -0.129. The van der Waals surface area contributed by atoms with Gasteiger partial charge in [-0.05, 0) is 13.8 Å². The number of thioether (sulfide) groups is 1. The highest BCUT2D eigenvalue weighted by Crippen LogP contribution is 2.24. The second kappa shape index (κ2) is 7.98. The molecule has 3 heterocycles. The molecule has 1 fully saturated rings. The number of aromatic nitrogens is 4. The van der Waals surface area contributed by atoms with Crippen molar-refractivity contribution in [3.63, 3.8) is 0 Å². The Hall–Kier alpha value is -1.92. The normalized spacial score (nSPS) is 16.0. The van der Waals surface area contributed by atoms with Gasteiger partial charge < -0.3 is 9.42 Å². The van der Waals surface area contributed by atoms with E-state index in [1.807, 2.05) is 6.92 Å². The number of hydrogen-bond donors (Lipinski definition) is 1. The van der Waals surface area contributed by atoms with Crippen LogP contribution in [0.5, 0.6) is 0 Å². The average molecular weight is 415 g/mol. The number of carbonyl (C=O) groups excluding carboxylic acids is 1. The van der Waals surface area contributed by atoms with Crippen LogP contribution in [0.3, 0.4) is 0 Å². The van der Waals surface area contributed by atoms with Crippen molar-refractivity contribution in [3.05, 3.63) is 17.3 Å². The van der Waals surface area contributed by atoms with Crippen LogP contribution < -0.4 is 0 Å². The summed E-state index contributed by atoms with van der Waals surface area (Å²) in [6, 6.07) is 0. The summed E-state index contributed by atoms with van der Waals surface area (Å²) in [4.78, 5) is 18.4. The Balaban J connectivity index is 1.56. The largest absolute Gasteiger partial charge is 0.360 e. The highest BCUT2D eigenvalue weighted by Gasteiger charge is 2.34. The number of sulfonamides is 1. The van der Waals surface area contributed by atoms with E-state index in [1.54, 1.807) is 18.7 Å². The van der Waals surface area contributed by atoms with E-state index in [4.69, 9.17) is 4.52 Å². The third-order valence-electron chi connectivity index (χ3n) is 4.33. The van der Waals surface area contributed by atoms with Gasteiger partial charge in [0, 0.05) is 32.6 Å². The minimum Gasteiger partial charge on any atom is -0.360 e. The van der Waals surface area contributed by atoms with Crippen molar-refractivity contribution in [3.8, 4) is 0 Å². The van der Waals surface area contributed by atoms with Gasteiger partial charge in [0.2, 0.25) is 21.1 Å². The zero-order valence-corrected chi connectivity index (χ0v) is 17.1. The summed E-state index contributed by atoms with van der Waals surface area (Å²) in [7, 11) is -3.67. The van der Waals surface area contributed by atoms with E-state index in [-0.39, 0.29) is 35.4 Å². The van der Waals surface area contributed by atoms with Crippen LogP contribution in [0, 0.1) is 13.8 Å². The van der Waals surface area contributed by atoms with Crippen molar-refractivity contribution in [2.75, 3.05) is 31.9 Å². The molecule has 1 aliphatic heterocycles. The topological polar surface area (TPSA) is 125 Å². The van der Waals surface area contributed by atoms with E-state index in [0.717, 1.165) is 12.2 Å². The molecule has 1 aliphatic rings. The quantitative estimate of drug-likeness (QED) is 0.681. The van der Waals surface area contributed by atoms with E-state index >= 15 is 0 Å². The maximum Gasteiger partial charge on any atom is 0.248 e. The molecule has 148 valence electrons. The summed E-state index contributed by atoms with van der Waals surface area (Å²) in [5.74, 6) is 1.22. The number of nitrogens with one attached hydrogen (secondary N) is 1. The first kappa shape index (κ1) is 19.8. The van der Waals surface area contributed by atoms with E-state index in [1.165, 1.54) is 16.1 Å². The molecule has 2 aromatic rings. The molecule has 0 radical (unpaired) electrons. The molecule has 0 saturated carbocycles. The highest BCUT2D eigenvalue weighted by atomic mass is 32.2. The predicted octanol–water partition coefficient (Wildman–Crippen LogP) is 0.597. The Morgan fingerprint density at radius 3 is 2.52 bits per heavy atom. The Morgan fingerprint density at radius 2 is 1.96 bits per heavy atom. The van der Waals surface area contributed by atoms with Gasteiger partial charge in [0.05, 0.1) is 5.75 Å². The molecule has 2 aromatic heterocycles. The standard InChI is InChI=1S/C15H22N6O4S2/c1-4-12-16-15(18-17-12)26-9-13(22)20-5-7-21(8-6-20)27(23,24)14-10(2)19-25-11(14)3/h4-9H2,1-3H3,(H,16,17,18). The van der Waals surface area contributed by atoms with Crippen molar-refractivity contribution in [1.82, 2.24) is 29.5 Å². The number of hydrogen-bond acceptors (Lipinski definition) is 8. The molecule has 0 spiro atoms. The minimum absolute atomic E-state index is 0.0581. The number of carbonyl (C=O) groups is 1. The fourth-order valence-electron chi connectivity index (χ4n) is 2.87. The molecule has 1 N–H and O–H groups in total. The van der Waals surface area contributed by atoms with Crippen LogP contribution >= 0.6 is 11.8 Å². The van der Waals surface area contributed by atoms with Gasteiger partial charge in [-0.1, -0.05) is 23.8 Å². The molecule has 12 heteroatoms. The smallest absolute Gasteiger partial charge is 0.248 e. The maximum absolute atomic E-state index is 12.8. The van der Waals surface area contributed by atoms with Crippen molar-refractivity contribution < 1.29 is 17.7 Å². The average Bonchev–Trinajstić information content (AvgIpc) is 3.26. The van der Waals surface area contributed by atoms with E-state index < -0.39 is 10.0 Å². The molecule has 0 aromatic carbocycles. The Labute approximate surface area is 161 Å². The Bertz CT molecular complexity index is 895. The zero-order valence-electron chi connectivity index (χ0n) is 15.4. The van der Waals surface area contributed by atoms with Gasteiger partial charge in [-0.25, -0.2) is 13.4 Å². The number of aryl methyl sites for hydroxylation is 3. The van der Waals surface area contributed by atoms with Gasteiger partial charge in [-0.15, -0.1) is 5.10 Å². The van der Waals surface area contributed by atoms with E-state index in [2.05, 4.69) is 20.3 Å². The molecule has 0 atom stereocenters. The summed E-state index contributed by atoms with van der Waals surface area (Å²) >= 11 is 1.27. The lowest BCUT2D eigenvalue weighted by Crippen LogP contribution is -2.51. The van der Waals surface area contributed by atoms with Crippen LogP contribution in [0.25, 0.3) is 0 Å². The van der Waals surface area contributed by atoms with E-state index in [0.29, 0.717) is 23.9 Å². The fraction of sp³-hybridized carbons (Fsp3) is 0.600. The highest BCUT2D eigenvalue weighted by molar-refractivity contribution is 7.99. The lowest BCUT2D eigenvalue weighted by atomic mass is 10.3. The summed E-state index contributed by atoms with van der Waals surface area (Å²) in [6.45, 7) is 6.32. The molecule has 3 rings (SSSR count). The number of amides is 1. The first-order chi connectivity index (χ1) is 12.8. The van der Waals surface area contributed by atoms with Crippen molar-refractivity contribution >= 4 is 27.7 Å². The van der Waals surface area contributed by atoms with Gasteiger partial charge in [-0.3, -0.25) is 9.89 Å². The summed E-state index contributed by atoms with van der Waals surface area (Å²) < 4.78 is 32.0. The summed E-state index contributed by atoms with van der Waals surface area (Å²) in [5, 5.41) is 11.1. The number of H-pyrrole nitrogens is 1. The SMILES string of the molecule is CCc1nc(SCC(=O)N2CCN(S(=O)(=O)c3c(C)noc3C)CC2)n[nH]1. The van der Waals surface area contributed by atoms with Gasteiger partial charge >= 0.3 is 0 Å². The van der Waals surface area contributed by atoms with Crippen LogP contribution in [-0.4, -0.2) is 75.8 Å². The molecule has 1 amide bonds. The second-order valence-corrected chi connectivity index (χ2v) is 8.96. The number of rotatable bonds is 6. The van der Waals surface area contributed by atoms with Crippen LogP contribution in [0.1, 0.15) is 24.2 Å². The van der Waals surface area contributed by atoms with Gasteiger partial charge in [-0.2, -0.15) is 4.31 Å². The third-order valence-corrected chi connectivity index (χ3v) is 7.30. The number of aromatic amines is 1. The fourth-order valence-corrected chi connectivity index (χ4v) is 5.30. The minimum atomic E-state index is -3.67. The number of piperazine rings is 1. The molecule has 27 heavy (non-hydrogen) atoms. The molecule has 0 aliphatic carbocycles. The van der Waals surface area contributed by atoms with E-state index in [9.17, 15) is 13.2 Å². The molecule has 0 bridgehead atoms. The molecule has 0 unspecified atom stereocenters. The van der Waals surface area contributed by atoms with Crippen LogP contribution in [-0.2, 0) is 21.2 Å². The van der Waals surface area contributed by atoms with Gasteiger partial charge in [0.15, 0.2) is 5.76 Å². The first-order valence-electron chi connectivity index (χ1n) is 8.57. The summed E-state index contributed by atoms with van der Waals surface area (Å²) in [6.07, 6.45) is 0.753. The second-order valence-electron chi connectivity index (χ2n) is 6.15. The maximum atomic E-state index is 12.8. The monoisotopic (exact) mass is 414 g/mol. The zero-order chi connectivity index (χ0) is 19.6. The molecule has 1 saturated heterocycles. The molecular weight excluding hydrogens is 392 g/mol. The van der Waals surface area contributed by atoms with Crippen LogP contribution in [0.2, 0.25) is 0 Å². The van der Waals surface area contributed by atoms with Crippen molar-refractivity contribution in [1.29, 1.82) is 0 Å². The Morgan fingerprint density at radius 1 is 1.26 bits per heavy atom. The van der Waals surface area contributed by atoms with Crippen molar-refractivity contribution in [2.24, 2.45) is 0 Å². The van der Waals surface area contributed by atoms with Crippen LogP contribution in [0.4, 0.5) is 0 Å².